The second kappa shape index (κ2) is 6.44. The number of aromatic nitrogens is 5. The third kappa shape index (κ3) is 3.02. The summed E-state index contributed by atoms with van der Waals surface area (Å²) in [5.74, 6) is 0.0106. The van der Waals surface area contributed by atoms with Crippen molar-refractivity contribution < 1.29 is 9.66 Å². The molecule has 0 saturated heterocycles. The zero-order chi connectivity index (χ0) is 17.3. The molecule has 10 heteroatoms. The number of ether oxygens (including phenoxy) is 1. The molecule has 24 heavy (non-hydrogen) atoms. The molecule has 1 N–H and O–H groups in total. The van der Waals surface area contributed by atoms with Gasteiger partial charge in [0.1, 0.15) is 11.3 Å². The molecule has 0 fully saturated rings. The average Bonchev–Trinajstić information content (AvgIpc) is 3.04. The van der Waals surface area contributed by atoms with Gasteiger partial charge in [0.05, 0.1) is 11.5 Å². The Morgan fingerprint density at radius 2 is 2.25 bits per heavy atom. The van der Waals surface area contributed by atoms with Gasteiger partial charge in [0.15, 0.2) is 0 Å². The number of hydrogen-bond donors (Lipinski definition) is 1. The molecule has 0 spiro atoms. The first-order chi connectivity index (χ1) is 11.5. The summed E-state index contributed by atoms with van der Waals surface area (Å²) in [6, 6.07) is 0. The molecule has 0 aliphatic carbocycles. The molecule has 0 radical (unpaired) electrons. The van der Waals surface area contributed by atoms with Crippen molar-refractivity contribution in [1.82, 2.24) is 24.7 Å². The van der Waals surface area contributed by atoms with Crippen molar-refractivity contribution in [1.29, 1.82) is 0 Å². The highest BCUT2D eigenvalue weighted by Crippen LogP contribution is 2.27. The van der Waals surface area contributed by atoms with E-state index in [0.717, 1.165) is 16.6 Å². The Morgan fingerprint density at radius 1 is 1.46 bits per heavy atom. The first-order valence-electron chi connectivity index (χ1n) is 7.27. The first kappa shape index (κ1) is 16.2. The SMILES string of the molecule is Cc1[nH]nc(OCCCn2cc(C)c3cnc(Cl)nc32)c1[N+](=O)[O-]. The van der Waals surface area contributed by atoms with Crippen LogP contribution in [0.15, 0.2) is 12.4 Å². The molecule has 0 unspecified atom stereocenters. The highest BCUT2D eigenvalue weighted by molar-refractivity contribution is 6.28. The highest BCUT2D eigenvalue weighted by atomic mass is 35.5. The zero-order valence-electron chi connectivity index (χ0n) is 13.1. The number of hydrogen-bond acceptors (Lipinski definition) is 6. The fraction of sp³-hybridized carbons (Fsp3) is 0.357. The zero-order valence-corrected chi connectivity index (χ0v) is 13.9. The fourth-order valence-electron chi connectivity index (χ4n) is 2.50. The first-order valence-corrected chi connectivity index (χ1v) is 7.65. The van der Waals surface area contributed by atoms with Crippen LogP contribution in [0.3, 0.4) is 0 Å². The summed E-state index contributed by atoms with van der Waals surface area (Å²) < 4.78 is 7.39. The van der Waals surface area contributed by atoms with E-state index < -0.39 is 4.92 Å². The van der Waals surface area contributed by atoms with Crippen LogP contribution in [0.5, 0.6) is 5.88 Å². The van der Waals surface area contributed by atoms with Crippen LogP contribution in [0.25, 0.3) is 11.0 Å². The second-order valence-corrected chi connectivity index (χ2v) is 5.68. The molecule has 0 aliphatic rings. The molecule has 3 aromatic rings. The standard InChI is InChI=1S/C14H15ClN6O3/c1-8-7-20(12-10(8)6-16-14(15)17-12)4-3-5-24-13-11(21(22)23)9(2)18-19-13/h6-7H,3-5H2,1-2H3,(H,18,19). The van der Waals surface area contributed by atoms with Crippen molar-refractivity contribution in [2.24, 2.45) is 0 Å². The van der Waals surface area contributed by atoms with Crippen LogP contribution in [0.1, 0.15) is 17.7 Å². The highest BCUT2D eigenvalue weighted by Gasteiger charge is 2.22. The van der Waals surface area contributed by atoms with Gasteiger partial charge in [-0.05, 0) is 37.4 Å². The predicted molar refractivity (Wildman–Crippen MR) is 87.4 cm³/mol. The van der Waals surface area contributed by atoms with E-state index in [1.54, 1.807) is 13.1 Å². The summed E-state index contributed by atoms with van der Waals surface area (Å²) in [6.45, 7) is 4.48. The minimum absolute atomic E-state index is 0.0106. The average molecular weight is 351 g/mol. The normalized spacial score (nSPS) is 11.1. The molecular formula is C14H15ClN6O3. The summed E-state index contributed by atoms with van der Waals surface area (Å²) >= 11 is 5.85. The van der Waals surface area contributed by atoms with Crippen LogP contribution in [0, 0.1) is 24.0 Å². The molecule has 3 aromatic heterocycles. The van der Waals surface area contributed by atoms with Gasteiger partial charge in [-0.25, -0.2) is 4.98 Å². The monoisotopic (exact) mass is 350 g/mol. The van der Waals surface area contributed by atoms with Crippen molar-refractivity contribution in [3.8, 4) is 5.88 Å². The third-order valence-corrected chi connectivity index (χ3v) is 3.82. The van der Waals surface area contributed by atoms with Crippen molar-refractivity contribution in [3.05, 3.63) is 39.0 Å². The maximum absolute atomic E-state index is 11.0. The van der Waals surface area contributed by atoms with Gasteiger partial charge in [0, 0.05) is 24.3 Å². The fourth-order valence-corrected chi connectivity index (χ4v) is 2.63. The van der Waals surface area contributed by atoms with E-state index in [2.05, 4.69) is 20.2 Å². The van der Waals surface area contributed by atoms with Crippen LogP contribution in [-0.2, 0) is 6.54 Å². The van der Waals surface area contributed by atoms with Gasteiger partial charge in [-0.15, -0.1) is 5.10 Å². The third-order valence-electron chi connectivity index (χ3n) is 3.63. The predicted octanol–water partition coefficient (Wildman–Crippen LogP) is 2.80. The van der Waals surface area contributed by atoms with Gasteiger partial charge in [-0.2, -0.15) is 4.98 Å². The number of fused-ring (bicyclic) bond motifs is 1. The number of rotatable bonds is 6. The molecule has 0 aromatic carbocycles. The Morgan fingerprint density at radius 3 is 3.00 bits per heavy atom. The Balaban J connectivity index is 1.66. The Labute approximate surface area is 141 Å². The number of nitrogens with one attached hydrogen (secondary N) is 1. The van der Waals surface area contributed by atoms with Crippen LogP contribution >= 0.6 is 11.6 Å². The molecule has 0 atom stereocenters. The van der Waals surface area contributed by atoms with Crippen molar-refractivity contribution >= 4 is 28.3 Å². The Bertz CT molecular complexity index is 903. The Hall–Kier alpha value is -2.68. The molecule has 126 valence electrons. The second-order valence-electron chi connectivity index (χ2n) is 5.34. The molecule has 3 rings (SSSR count). The van der Waals surface area contributed by atoms with E-state index in [9.17, 15) is 10.1 Å². The quantitative estimate of drug-likeness (QED) is 0.316. The number of halogens is 1. The molecule has 9 nitrogen and oxygen atoms in total. The summed E-state index contributed by atoms with van der Waals surface area (Å²) in [4.78, 5) is 18.7. The molecule has 0 bridgehead atoms. The van der Waals surface area contributed by atoms with Crippen molar-refractivity contribution in [3.63, 3.8) is 0 Å². The van der Waals surface area contributed by atoms with Gasteiger partial charge in [0.2, 0.25) is 5.28 Å². The largest absolute Gasteiger partial charge is 0.472 e. The summed E-state index contributed by atoms with van der Waals surface area (Å²) in [5, 5.41) is 18.5. The van der Waals surface area contributed by atoms with Crippen LogP contribution < -0.4 is 4.74 Å². The minimum Gasteiger partial charge on any atom is -0.472 e. The molecule has 0 saturated carbocycles. The lowest BCUT2D eigenvalue weighted by molar-refractivity contribution is -0.386. The molecule has 0 amide bonds. The van der Waals surface area contributed by atoms with E-state index in [1.807, 2.05) is 17.7 Å². The van der Waals surface area contributed by atoms with Crippen LogP contribution in [0.4, 0.5) is 5.69 Å². The minimum atomic E-state index is -0.504. The van der Waals surface area contributed by atoms with Gasteiger partial charge in [-0.1, -0.05) is 0 Å². The number of H-pyrrole nitrogens is 1. The molecule has 0 aliphatic heterocycles. The smallest absolute Gasteiger partial charge is 0.352 e. The van der Waals surface area contributed by atoms with E-state index in [4.69, 9.17) is 16.3 Å². The molecular weight excluding hydrogens is 336 g/mol. The number of aryl methyl sites for hydroxylation is 3. The van der Waals surface area contributed by atoms with Gasteiger partial charge in [-0.3, -0.25) is 15.2 Å². The van der Waals surface area contributed by atoms with E-state index in [1.165, 1.54) is 0 Å². The topological polar surface area (TPSA) is 112 Å². The number of nitrogens with zero attached hydrogens (tertiary/aromatic N) is 5. The van der Waals surface area contributed by atoms with Gasteiger partial charge in [0.25, 0.3) is 0 Å². The van der Waals surface area contributed by atoms with Crippen molar-refractivity contribution in [2.45, 2.75) is 26.8 Å². The maximum atomic E-state index is 11.0. The lowest BCUT2D eigenvalue weighted by Gasteiger charge is -2.05. The number of nitro groups is 1. The van der Waals surface area contributed by atoms with Crippen molar-refractivity contribution in [2.75, 3.05) is 6.61 Å². The van der Waals surface area contributed by atoms with Crippen LogP contribution in [-0.4, -0.2) is 36.3 Å². The van der Waals surface area contributed by atoms with Crippen LogP contribution in [0.2, 0.25) is 5.28 Å². The summed E-state index contributed by atoms with van der Waals surface area (Å²) in [6.07, 6.45) is 4.30. The van der Waals surface area contributed by atoms with Gasteiger partial charge >= 0.3 is 11.6 Å². The Kier molecular flexibility index (Phi) is 4.34. The summed E-state index contributed by atoms with van der Waals surface area (Å²) in [5.41, 5.74) is 2.06. The lowest BCUT2D eigenvalue weighted by atomic mass is 10.3. The van der Waals surface area contributed by atoms with Gasteiger partial charge < -0.3 is 9.30 Å². The molecule has 3 heterocycles. The van der Waals surface area contributed by atoms with E-state index in [0.29, 0.717) is 25.3 Å². The number of aromatic amines is 1. The lowest BCUT2D eigenvalue weighted by Crippen LogP contribution is -2.05. The van der Waals surface area contributed by atoms with E-state index >= 15 is 0 Å². The van der Waals surface area contributed by atoms with E-state index in [-0.39, 0.29) is 16.9 Å². The summed E-state index contributed by atoms with van der Waals surface area (Å²) in [7, 11) is 0. The maximum Gasteiger partial charge on any atom is 0.352 e.